The van der Waals surface area contributed by atoms with E-state index in [1.807, 2.05) is 0 Å². The maximum atomic E-state index is 10.8. The summed E-state index contributed by atoms with van der Waals surface area (Å²) in [6.07, 6.45) is -1.45. The number of H-pyrrole nitrogens is 1. The van der Waals surface area contributed by atoms with Crippen molar-refractivity contribution in [3.63, 3.8) is 0 Å². The SMILES string of the molecule is Cc1nc(C2=NO[C@H]3CC(O)C(O)C[C@H]23)[nH]c1[N+](=O)[O-]. The Hall–Kier alpha value is -2.00. The topological polar surface area (TPSA) is 134 Å². The van der Waals surface area contributed by atoms with E-state index in [9.17, 15) is 20.3 Å². The standard InChI is InChI=1S/C11H14N4O5/c1-4-11(15(18)19)13-10(12-4)9-5-2-6(16)7(17)3-8(5)20-14-9/h5-8,16-17H,2-3H2,1H3,(H,12,13)/t5-,6?,7?,8-/m0/s1. The summed E-state index contributed by atoms with van der Waals surface area (Å²) < 4.78 is 0. The van der Waals surface area contributed by atoms with Crippen LogP contribution in [0.4, 0.5) is 5.82 Å². The molecule has 3 rings (SSSR count). The van der Waals surface area contributed by atoms with Gasteiger partial charge in [-0.1, -0.05) is 5.16 Å². The zero-order valence-corrected chi connectivity index (χ0v) is 10.7. The maximum Gasteiger partial charge on any atom is 0.343 e. The molecule has 1 fully saturated rings. The van der Waals surface area contributed by atoms with E-state index in [1.165, 1.54) is 6.92 Å². The molecule has 108 valence electrons. The van der Waals surface area contributed by atoms with Gasteiger partial charge in [0.15, 0.2) is 5.71 Å². The number of nitrogens with zero attached hydrogens (tertiary/aromatic N) is 3. The number of fused-ring (bicyclic) bond motifs is 1. The summed E-state index contributed by atoms with van der Waals surface area (Å²) in [5.74, 6) is -0.119. The van der Waals surface area contributed by atoms with Gasteiger partial charge in [0, 0.05) is 6.42 Å². The summed E-state index contributed by atoms with van der Waals surface area (Å²) in [6, 6.07) is 0. The van der Waals surface area contributed by atoms with Crippen molar-refractivity contribution in [2.75, 3.05) is 0 Å². The molecule has 0 radical (unpaired) electrons. The molecule has 9 heteroatoms. The minimum Gasteiger partial charge on any atom is -0.391 e. The van der Waals surface area contributed by atoms with Gasteiger partial charge in [-0.15, -0.1) is 0 Å². The lowest BCUT2D eigenvalue weighted by molar-refractivity contribution is -0.389. The Balaban J connectivity index is 1.88. The van der Waals surface area contributed by atoms with E-state index in [-0.39, 0.29) is 42.2 Å². The first-order valence-electron chi connectivity index (χ1n) is 6.28. The van der Waals surface area contributed by atoms with Crippen LogP contribution < -0.4 is 0 Å². The zero-order valence-electron chi connectivity index (χ0n) is 10.7. The fraction of sp³-hybridized carbons (Fsp3) is 0.636. The molecule has 0 bridgehead atoms. The van der Waals surface area contributed by atoms with Gasteiger partial charge in [0.25, 0.3) is 0 Å². The second-order valence-corrected chi connectivity index (χ2v) is 5.11. The van der Waals surface area contributed by atoms with Gasteiger partial charge >= 0.3 is 5.82 Å². The molecule has 0 spiro atoms. The van der Waals surface area contributed by atoms with Gasteiger partial charge in [-0.25, -0.2) is 9.97 Å². The largest absolute Gasteiger partial charge is 0.391 e. The van der Waals surface area contributed by atoms with Crippen LogP contribution in [0.25, 0.3) is 0 Å². The number of oxime groups is 1. The normalized spacial score (nSPS) is 32.5. The second-order valence-electron chi connectivity index (χ2n) is 5.11. The highest BCUT2D eigenvalue weighted by Gasteiger charge is 2.45. The van der Waals surface area contributed by atoms with Crippen molar-refractivity contribution in [3.8, 4) is 0 Å². The molecule has 9 nitrogen and oxygen atoms in total. The second kappa shape index (κ2) is 4.53. The van der Waals surface area contributed by atoms with Crippen molar-refractivity contribution >= 4 is 11.5 Å². The van der Waals surface area contributed by atoms with Gasteiger partial charge in [-0.2, -0.15) is 0 Å². The maximum absolute atomic E-state index is 10.8. The molecule has 0 amide bonds. The van der Waals surface area contributed by atoms with Crippen LogP contribution in [0.1, 0.15) is 24.4 Å². The Morgan fingerprint density at radius 1 is 1.40 bits per heavy atom. The Labute approximate surface area is 113 Å². The van der Waals surface area contributed by atoms with Crippen LogP contribution in [0.5, 0.6) is 0 Å². The number of aromatic nitrogens is 2. The number of hydrogen-bond acceptors (Lipinski definition) is 7. The van der Waals surface area contributed by atoms with Gasteiger partial charge < -0.3 is 25.2 Å². The number of nitro groups is 1. The van der Waals surface area contributed by atoms with Gasteiger partial charge in [0.1, 0.15) is 11.8 Å². The molecular formula is C11H14N4O5. The molecule has 2 heterocycles. The lowest BCUT2D eigenvalue weighted by atomic mass is 9.80. The van der Waals surface area contributed by atoms with E-state index in [4.69, 9.17) is 4.84 Å². The Bertz CT molecular complexity index is 583. The number of hydrogen-bond donors (Lipinski definition) is 3. The minimum absolute atomic E-state index is 0.178. The fourth-order valence-corrected chi connectivity index (χ4v) is 2.69. The minimum atomic E-state index is -0.853. The van der Waals surface area contributed by atoms with Crippen molar-refractivity contribution < 1.29 is 20.0 Å². The summed E-state index contributed by atoms with van der Waals surface area (Å²) in [6.45, 7) is 1.53. The molecule has 20 heavy (non-hydrogen) atoms. The predicted molar refractivity (Wildman–Crippen MR) is 66.1 cm³/mol. The number of rotatable bonds is 2. The van der Waals surface area contributed by atoms with Crippen LogP contribution in [0, 0.1) is 23.0 Å². The highest BCUT2D eigenvalue weighted by Crippen LogP contribution is 2.35. The zero-order chi connectivity index (χ0) is 14.4. The molecule has 2 aliphatic rings. The van der Waals surface area contributed by atoms with Crippen molar-refractivity contribution in [3.05, 3.63) is 21.6 Å². The van der Waals surface area contributed by atoms with Crippen molar-refractivity contribution in [1.29, 1.82) is 0 Å². The number of aliphatic hydroxyl groups excluding tert-OH is 2. The number of imidazole rings is 1. The molecule has 3 N–H and O–H groups in total. The summed E-state index contributed by atoms with van der Waals surface area (Å²) >= 11 is 0. The Kier molecular flexibility index (Phi) is 2.94. The molecule has 2 unspecified atom stereocenters. The highest BCUT2D eigenvalue weighted by atomic mass is 16.6. The van der Waals surface area contributed by atoms with Gasteiger partial charge in [-0.3, -0.25) is 0 Å². The highest BCUT2D eigenvalue weighted by molar-refractivity contribution is 6.00. The first-order chi connectivity index (χ1) is 9.47. The van der Waals surface area contributed by atoms with Crippen molar-refractivity contribution in [2.24, 2.45) is 11.1 Å². The van der Waals surface area contributed by atoms with Crippen LogP contribution in [-0.2, 0) is 4.84 Å². The van der Waals surface area contributed by atoms with Crippen molar-refractivity contribution in [1.82, 2.24) is 9.97 Å². The smallest absolute Gasteiger partial charge is 0.343 e. The van der Waals surface area contributed by atoms with Gasteiger partial charge in [0.2, 0.25) is 5.82 Å². The van der Waals surface area contributed by atoms with Gasteiger partial charge in [0.05, 0.1) is 18.1 Å². The van der Waals surface area contributed by atoms with E-state index in [2.05, 4.69) is 15.1 Å². The quantitative estimate of drug-likeness (QED) is 0.510. The van der Waals surface area contributed by atoms with E-state index >= 15 is 0 Å². The number of nitrogens with one attached hydrogen (secondary N) is 1. The average Bonchev–Trinajstić information content (AvgIpc) is 2.93. The lowest BCUT2D eigenvalue weighted by Gasteiger charge is -2.30. The first kappa shape index (κ1) is 13.0. The molecule has 1 aromatic heterocycles. The monoisotopic (exact) mass is 282 g/mol. The van der Waals surface area contributed by atoms with Crippen LogP contribution in [0.2, 0.25) is 0 Å². The van der Waals surface area contributed by atoms with E-state index in [0.717, 1.165) is 0 Å². The fourth-order valence-electron chi connectivity index (χ4n) is 2.69. The number of aliphatic hydroxyl groups is 2. The molecule has 1 saturated carbocycles. The molecule has 1 aromatic rings. The third kappa shape index (κ3) is 1.95. The summed E-state index contributed by atoms with van der Waals surface area (Å²) in [7, 11) is 0. The first-order valence-corrected chi connectivity index (χ1v) is 6.28. The Morgan fingerprint density at radius 2 is 2.10 bits per heavy atom. The summed E-state index contributed by atoms with van der Waals surface area (Å²) in [5.41, 5.74) is 0.727. The third-order valence-electron chi connectivity index (χ3n) is 3.78. The number of aromatic amines is 1. The third-order valence-corrected chi connectivity index (χ3v) is 3.78. The predicted octanol–water partition coefficient (Wildman–Crippen LogP) is -0.139. The molecule has 0 aromatic carbocycles. The molecule has 4 atom stereocenters. The van der Waals surface area contributed by atoms with E-state index < -0.39 is 17.1 Å². The van der Waals surface area contributed by atoms with Crippen LogP contribution >= 0.6 is 0 Å². The van der Waals surface area contributed by atoms with E-state index in [0.29, 0.717) is 5.71 Å². The van der Waals surface area contributed by atoms with Crippen LogP contribution in [-0.4, -0.2) is 49.1 Å². The molecule has 0 saturated heterocycles. The van der Waals surface area contributed by atoms with Gasteiger partial charge in [-0.05, 0) is 18.3 Å². The molecule has 1 aliphatic heterocycles. The summed E-state index contributed by atoms with van der Waals surface area (Å²) in [4.78, 5) is 22.2. The van der Waals surface area contributed by atoms with Crippen molar-refractivity contribution in [2.45, 2.75) is 38.1 Å². The molecular weight excluding hydrogens is 268 g/mol. The average molecular weight is 282 g/mol. The van der Waals surface area contributed by atoms with E-state index in [1.54, 1.807) is 0 Å². The van der Waals surface area contributed by atoms with Crippen LogP contribution in [0.15, 0.2) is 5.16 Å². The Morgan fingerprint density at radius 3 is 2.75 bits per heavy atom. The molecule has 1 aliphatic carbocycles. The summed E-state index contributed by atoms with van der Waals surface area (Å²) in [5, 5.41) is 34.1. The lowest BCUT2D eigenvalue weighted by Crippen LogP contribution is -2.43. The van der Waals surface area contributed by atoms with Crippen LogP contribution in [0.3, 0.4) is 0 Å². The number of aryl methyl sites for hydroxylation is 1.